The predicted molar refractivity (Wildman–Crippen MR) is 79.9 cm³/mol. The first-order chi connectivity index (χ1) is 9.65. The summed E-state index contributed by atoms with van der Waals surface area (Å²) in [6.45, 7) is 1.91. The van der Waals surface area contributed by atoms with Gasteiger partial charge in [-0.25, -0.2) is 9.97 Å². The van der Waals surface area contributed by atoms with Gasteiger partial charge in [-0.1, -0.05) is 22.9 Å². The monoisotopic (exact) mass is 324 g/mol. The first-order valence-corrected chi connectivity index (χ1v) is 7.66. The third-order valence-electron chi connectivity index (χ3n) is 2.45. The molecule has 0 bridgehead atoms. The van der Waals surface area contributed by atoms with Crippen molar-refractivity contribution in [1.29, 1.82) is 0 Å². The van der Waals surface area contributed by atoms with E-state index in [1.165, 1.54) is 23.1 Å². The van der Waals surface area contributed by atoms with Crippen molar-refractivity contribution in [3.05, 3.63) is 28.2 Å². The smallest absolute Gasteiger partial charge is 0.247 e. The van der Waals surface area contributed by atoms with E-state index in [4.69, 9.17) is 16.3 Å². The van der Waals surface area contributed by atoms with Gasteiger partial charge in [-0.3, -0.25) is 0 Å². The van der Waals surface area contributed by atoms with Crippen LogP contribution in [0.2, 0.25) is 5.02 Å². The van der Waals surface area contributed by atoms with Gasteiger partial charge in [-0.2, -0.15) is 0 Å². The van der Waals surface area contributed by atoms with E-state index in [0.717, 1.165) is 20.4 Å². The normalized spacial score (nSPS) is 10.9. The van der Waals surface area contributed by atoms with Crippen molar-refractivity contribution < 1.29 is 4.74 Å². The summed E-state index contributed by atoms with van der Waals surface area (Å²) in [7, 11) is 1.57. The van der Waals surface area contributed by atoms with Crippen LogP contribution in [-0.2, 0) is 0 Å². The molecule has 5 nitrogen and oxygen atoms in total. The molecule has 0 amide bonds. The minimum absolute atomic E-state index is 0.470. The molecular weight excluding hydrogens is 316 g/mol. The van der Waals surface area contributed by atoms with E-state index in [1.54, 1.807) is 19.2 Å². The number of hydrogen-bond donors (Lipinski definition) is 0. The van der Waals surface area contributed by atoms with Gasteiger partial charge >= 0.3 is 0 Å². The van der Waals surface area contributed by atoms with Gasteiger partial charge in [0.25, 0.3) is 0 Å². The highest BCUT2D eigenvalue weighted by Gasteiger charge is 2.13. The molecule has 0 aliphatic carbocycles. The van der Waals surface area contributed by atoms with E-state index in [2.05, 4.69) is 20.2 Å². The molecule has 0 N–H and O–H groups in total. The third-order valence-corrected chi connectivity index (χ3v) is 4.53. The zero-order chi connectivity index (χ0) is 14.1. The zero-order valence-electron chi connectivity index (χ0n) is 10.6. The predicted octanol–water partition coefficient (Wildman–Crippen LogP) is 3.60. The lowest BCUT2D eigenvalue weighted by atomic mass is 10.3. The molecule has 0 saturated heterocycles. The number of ether oxygens (including phenoxy) is 1. The average molecular weight is 325 g/mol. The molecule has 2 aromatic heterocycles. The van der Waals surface area contributed by atoms with Crippen LogP contribution in [0.4, 0.5) is 0 Å². The second-order valence-electron chi connectivity index (χ2n) is 3.86. The topological polar surface area (TPSA) is 60.8 Å². The number of methoxy groups -OCH3 is 1. The van der Waals surface area contributed by atoms with Crippen molar-refractivity contribution in [1.82, 2.24) is 20.2 Å². The summed E-state index contributed by atoms with van der Waals surface area (Å²) in [6.07, 6.45) is 0. The Morgan fingerprint density at radius 2 is 2.05 bits per heavy atom. The Kier molecular flexibility index (Phi) is 3.73. The van der Waals surface area contributed by atoms with Crippen LogP contribution < -0.4 is 4.74 Å². The van der Waals surface area contributed by atoms with E-state index >= 15 is 0 Å². The van der Waals surface area contributed by atoms with Crippen LogP contribution in [0.5, 0.6) is 5.88 Å². The van der Waals surface area contributed by atoms with Gasteiger partial charge in [0.2, 0.25) is 5.88 Å². The van der Waals surface area contributed by atoms with E-state index in [9.17, 15) is 0 Å². The molecule has 102 valence electrons. The van der Waals surface area contributed by atoms with Crippen molar-refractivity contribution in [3.8, 4) is 5.88 Å². The fraction of sp³-hybridized carbons (Fsp3) is 0.167. The lowest BCUT2D eigenvalue weighted by molar-refractivity contribution is 0.385. The maximum atomic E-state index is 5.98. The number of nitrogens with zero attached hydrogens (tertiary/aromatic N) is 4. The molecule has 0 aliphatic rings. The van der Waals surface area contributed by atoms with Gasteiger partial charge in [0, 0.05) is 5.02 Å². The molecule has 0 spiro atoms. The Morgan fingerprint density at radius 1 is 1.20 bits per heavy atom. The second kappa shape index (κ2) is 5.51. The molecular formula is C12H9ClN4OS2. The van der Waals surface area contributed by atoms with Crippen LogP contribution in [0.3, 0.4) is 0 Å². The Morgan fingerprint density at radius 3 is 2.75 bits per heavy atom. The molecule has 0 atom stereocenters. The van der Waals surface area contributed by atoms with Gasteiger partial charge in [-0.15, -0.1) is 10.2 Å². The maximum absolute atomic E-state index is 5.98. The molecule has 2 heterocycles. The van der Waals surface area contributed by atoms with Crippen LogP contribution >= 0.6 is 34.7 Å². The van der Waals surface area contributed by atoms with Crippen molar-refractivity contribution in [2.24, 2.45) is 0 Å². The van der Waals surface area contributed by atoms with Crippen molar-refractivity contribution >= 4 is 45.7 Å². The average Bonchev–Trinajstić information content (AvgIpc) is 2.83. The number of hydrogen-bond acceptors (Lipinski definition) is 7. The van der Waals surface area contributed by atoms with Crippen molar-refractivity contribution in [2.75, 3.05) is 7.11 Å². The Labute approximate surface area is 128 Å². The maximum Gasteiger partial charge on any atom is 0.247 e. The summed E-state index contributed by atoms with van der Waals surface area (Å²) in [6, 6.07) is 5.37. The third kappa shape index (κ3) is 2.70. The zero-order valence-corrected chi connectivity index (χ0v) is 13.0. The molecule has 0 radical (unpaired) electrons. The quantitative estimate of drug-likeness (QED) is 0.733. The van der Waals surface area contributed by atoms with Crippen molar-refractivity contribution in [2.45, 2.75) is 16.3 Å². The van der Waals surface area contributed by atoms with Crippen LogP contribution in [0.25, 0.3) is 11.0 Å². The van der Waals surface area contributed by atoms with Crippen LogP contribution in [0.1, 0.15) is 5.01 Å². The first-order valence-electron chi connectivity index (χ1n) is 5.65. The van der Waals surface area contributed by atoms with Crippen LogP contribution in [0.15, 0.2) is 27.6 Å². The number of aromatic nitrogens is 4. The Bertz CT molecular complexity index is 777. The number of rotatable bonds is 3. The van der Waals surface area contributed by atoms with Gasteiger partial charge in [0.05, 0.1) is 18.1 Å². The van der Waals surface area contributed by atoms with E-state index in [-0.39, 0.29) is 0 Å². The van der Waals surface area contributed by atoms with Gasteiger partial charge in [-0.05, 0) is 36.9 Å². The molecule has 0 unspecified atom stereocenters. The summed E-state index contributed by atoms with van der Waals surface area (Å²) in [5, 5.41) is 10.2. The molecule has 3 aromatic rings. The fourth-order valence-electron chi connectivity index (χ4n) is 1.60. The minimum atomic E-state index is 0.470. The highest BCUT2D eigenvalue weighted by Crippen LogP contribution is 2.35. The summed E-state index contributed by atoms with van der Waals surface area (Å²) >= 11 is 8.87. The Hall–Kier alpha value is -1.44. The molecule has 8 heteroatoms. The first kappa shape index (κ1) is 13.5. The summed E-state index contributed by atoms with van der Waals surface area (Å²) in [4.78, 5) is 8.97. The molecule has 20 heavy (non-hydrogen) atoms. The summed E-state index contributed by atoms with van der Waals surface area (Å²) < 4.78 is 6.09. The highest BCUT2D eigenvalue weighted by molar-refractivity contribution is 8.01. The number of fused-ring (bicyclic) bond motifs is 1. The van der Waals surface area contributed by atoms with E-state index in [0.29, 0.717) is 15.9 Å². The molecule has 3 rings (SSSR count). The van der Waals surface area contributed by atoms with Gasteiger partial charge in [0.15, 0.2) is 9.37 Å². The van der Waals surface area contributed by atoms with Crippen LogP contribution in [0, 0.1) is 6.92 Å². The molecule has 0 fully saturated rings. The summed E-state index contributed by atoms with van der Waals surface area (Å²) in [5.74, 6) is 0.470. The van der Waals surface area contributed by atoms with Gasteiger partial charge < -0.3 is 4.74 Å². The standard InChI is InChI=1S/C12H9ClN4OS2/c1-6-16-17-12(19-6)20-11-10(18-2)14-8-4-3-7(13)5-9(8)15-11/h3-5H,1-2H3. The highest BCUT2D eigenvalue weighted by atomic mass is 35.5. The minimum Gasteiger partial charge on any atom is -0.479 e. The SMILES string of the molecule is COc1nc2ccc(Cl)cc2nc1Sc1nnc(C)s1. The lowest BCUT2D eigenvalue weighted by Crippen LogP contribution is -1.95. The van der Waals surface area contributed by atoms with E-state index < -0.39 is 0 Å². The lowest BCUT2D eigenvalue weighted by Gasteiger charge is -2.06. The largest absolute Gasteiger partial charge is 0.479 e. The fourth-order valence-corrected chi connectivity index (χ4v) is 3.55. The van der Waals surface area contributed by atoms with Crippen molar-refractivity contribution in [3.63, 3.8) is 0 Å². The second-order valence-corrected chi connectivity index (χ2v) is 6.71. The molecule has 0 aliphatic heterocycles. The van der Waals surface area contributed by atoms with Crippen LogP contribution in [-0.4, -0.2) is 27.3 Å². The number of halogens is 1. The molecule has 1 aromatic carbocycles. The van der Waals surface area contributed by atoms with Gasteiger partial charge in [0.1, 0.15) is 5.01 Å². The Balaban J connectivity index is 2.07. The summed E-state index contributed by atoms with van der Waals surface area (Å²) in [5.41, 5.74) is 1.46. The number of aryl methyl sites for hydroxylation is 1. The van der Waals surface area contributed by atoms with E-state index in [1.807, 2.05) is 13.0 Å². The molecule has 0 saturated carbocycles. The number of benzene rings is 1.